The van der Waals surface area contributed by atoms with Gasteiger partial charge in [-0.05, 0) is 36.8 Å². The van der Waals surface area contributed by atoms with Gasteiger partial charge in [0.25, 0.3) is 5.91 Å². The van der Waals surface area contributed by atoms with Crippen LogP contribution in [0.15, 0.2) is 18.3 Å². The molecule has 0 unspecified atom stereocenters. The second kappa shape index (κ2) is 6.50. The van der Waals surface area contributed by atoms with Crippen LogP contribution in [0.3, 0.4) is 0 Å². The number of rotatable bonds is 4. The van der Waals surface area contributed by atoms with E-state index in [-0.39, 0.29) is 11.3 Å². The van der Waals surface area contributed by atoms with Gasteiger partial charge in [0.05, 0.1) is 5.56 Å². The lowest BCUT2D eigenvalue weighted by molar-refractivity contribution is 0.0689. The first-order valence-electron chi connectivity index (χ1n) is 7.04. The second-order valence-corrected chi connectivity index (χ2v) is 5.54. The maximum absolute atomic E-state index is 12.0. The highest BCUT2D eigenvalue weighted by Gasteiger charge is 2.21. The molecule has 0 aliphatic heterocycles. The molecule has 1 aromatic rings. The number of carbonyl (C=O) groups is 2. The molecule has 1 amide bonds. The zero-order valence-electron chi connectivity index (χ0n) is 11.6. The predicted octanol–water partition coefficient (Wildman–Crippen LogP) is 2.34. The number of nitrogens with zero attached hydrogens (tertiary/aromatic N) is 1. The number of carboxylic acids is 1. The summed E-state index contributed by atoms with van der Waals surface area (Å²) in [6.07, 6.45) is 6.07. The van der Waals surface area contributed by atoms with Crippen LogP contribution in [0, 0.1) is 11.8 Å². The van der Waals surface area contributed by atoms with Crippen molar-refractivity contribution in [2.45, 2.75) is 32.6 Å². The summed E-state index contributed by atoms with van der Waals surface area (Å²) in [6.45, 7) is 2.85. The number of aromatic nitrogens is 1. The average Bonchev–Trinajstić information content (AvgIpc) is 2.46. The number of carboxylic acid groups (broad SMARTS) is 1. The van der Waals surface area contributed by atoms with Crippen LogP contribution in [-0.4, -0.2) is 28.5 Å². The second-order valence-electron chi connectivity index (χ2n) is 5.54. The summed E-state index contributed by atoms with van der Waals surface area (Å²) in [5, 5.41) is 11.9. The molecular formula is C15H20N2O3. The van der Waals surface area contributed by atoms with E-state index in [4.69, 9.17) is 5.11 Å². The number of hydrogen-bond donors (Lipinski definition) is 2. The number of aromatic carboxylic acids is 1. The van der Waals surface area contributed by atoms with Crippen LogP contribution in [0.1, 0.15) is 53.5 Å². The summed E-state index contributed by atoms with van der Waals surface area (Å²) in [7, 11) is 0. The van der Waals surface area contributed by atoms with Crippen LogP contribution in [-0.2, 0) is 0 Å². The molecule has 1 heterocycles. The van der Waals surface area contributed by atoms with Crippen molar-refractivity contribution in [1.29, 1.82) is 0 Å². The Kier molecular flexibility index (Phi) is 4.71. The minimum absolute atomic E-state index is 0.0100. The van der Waals surface area contributed by atoms with Crippen LogP contribution in [0.2, 0.25) is 0 Å². The van der Waals surface area contributed by atoms with E-state index in [1.54, 1.807) is 0 Å². The highest BCUT2D eigenvalue weighted by Crippen LogP contribution is 2.27. The van der Waals surface area contributed by atoms with Crippen molar-refractivity contribution in [2.75, 3.05) is 6.54 Å². The summed E-state index contributed by atoms with van der Waals surface area (Å²) in [4.78, 5) is 27.0. The fourth-order valence-corrected chi connectivity index (χ4v) is 2.61. The Morgan fingerprint density at radius 2 is 2.05 bits per heavy atom. The lowest BCUT2D eigenvalue weighted by Crippen LogP contribution is -2.32. The van der Waals surface area contributed by atoms with E-state index in [0.717, 1.165) is 18.8 Å². The van der Waals surface area contributed by atoms with Crippen molar-refractivity contribution in [3.8, 4) is 0 Å². The van der Waals surface area contributed by atoms with Gasteiger partial charge in [-0.25, -0.2) is 4.79 Å². The molecule has 0 bridgehead atoms. The molecule has 1 saturated carbocycles. The molecule has 0 spiro atoms. The van der Waals surface area contributed by atoms with Gasteiger partial charge in [-0.3, -0.25) is 9.78 Å². The van der Waals surface area contributed by atoms with E-state index in [0.29, 0.717) is 12.5 Å². The molecule has 5 nitrogen and oxygen atoms in total. The average molecular weight is 276 g/mol. The number of amides is 1. The molecule has 2 rings (SSSR count). The Morgan fingerprint density at radius 1 is 1.35 bits per heavy atom. The van der Waals surface area contributed by atoms with Gasteiger partial charge in [0.2, 0.25) is 0 Å². The lowest BCUT2D eigenvalue weighted by atomic mass is 9.83. The third-order valence-electron chi connectivity index (χ3n) is 3.94. The van der Waals surface area contributed by atoms with Crippen LogP contribution < -0.4 is 5.32 Å². The highest BCUT2D eigenvalue weighted by atomic mass is 16.4. The van der Waals surface area contributed by atoms with Gasteiger partial charge >= 0.3 is 5.97 Å². The smallest absolute Gasteiger partial charge is 0.338 e. The van der Waals surface area contributed by atoms with Crippen molar-refractivity contribution < 1.29 is 14.7 Å². The van der Waals surface area contributed by atoms with Gasteiger partial charge in [0.15, 0.2) is 0 Å². The largest absolute Gasteiger partial charge is 0.478 e. The zero-order valence-corrected chi connectivity index (χ0v) is 11.6. The third kappa shape index (κ3) is 3.56. The van der Waals surface area contributed by atoms with E-state index in [9.17, 15) is 9.59 Å². The monoisotopic (exact) mass is 276 g/mol. The van der Waals surface area contributed by atoms with Crippen molar-refractivity contribution in [3.05, 3.63) is 29.6 Å². The van der Waals surface area contributed by atoms with Gasteiger partial charge in [-0.2, -0.15) is 0 Å². The molecule has 5 heteroatoms. The van der Waals surface area contributed by atoms with Gasteiger partial charge in [0, 0.05) is 12.7 Å². The molecular weight excluding hydrogens is 256 g/mol. The Labute approximate surface area is 118 Å². The normalized spacial score (nSPS) is 22.2. The van der Waals surface area contributed by atoms with E-state index < -0.39 is 11.9 Å². The van der Waals surface area contributed by atoms with Crippen molar-refractivity contribution >= 4 is 11.9 Å². The van der Waals surface area contributed by atoms with Crippen LogP contribution in [0.25, 0.3) is 0 Å². The van der Waals surface area contributed by atoms with Gasteiger partial charge < -0.3 is 10.4 Å². The SMILES string of the molecule is CC1CCC(CNC(=O)c2ncccc2C(=O)O)CC1. The van der Waals surface area contributed by atoms with Crippen molar-refractivity contribution in [3.63, 3.8) is 0 Å². The first-order chi connectivity index (χ1) is 9.58. The summed E-state index contributed by atoms with van der Waals surface area (Å²) in [5.41, 5.74) is -0.0635. The van der Waals surface area contributed by atoms with Crippen molar-refractivity contribution in [1.82, 2.24) is 10.3 Å². The maximum atomic E-state index is 12.0. The van der Waals surface area contributed by atoms with Gasteiger partial charge in [-0.1, -0.05) is 19.8 Å². The predicted molar refractivity (Wildman–Crippen MR) is 74.7 cm³/mol. The van der Waals surface area contributed by atoms with Gasteiger partial charge in [0.1, 0.15) is 5.69 Å². The quantitative estimate of drug-likeness (QED) is 0.884. The summed E-state index contributed by atoms with van der Waals surface area (Å²) in [6, 6.07) is 2.91. The fraction of sp³-hybridized carbons (Fsp3) is 0.533. The summed E-state index contributed by atoms with van der Waals surface area (Å²) < 4.78 is 0. The molecule has 0 saturated heterocycles. The first kappa shape index (κ1) is 14.5. The van der Waals surface area contributed by atoms with E-state index in [1.165, 1.54) is 31.2 Å². The molecule has 1 aliphatic carbocycles. The third-order valence-corrected chi connectivity index (χ3v) is 3.94. The maximum Gasteiger partial charge on any atom is 0.338 e. The van der Waals surface area contributed by atoms with E-state index in [1.807, 2.05) is 0 Å². The molecule has 0 atom stereocenters. The molecule has 20 heavy (non-hydrogen) atoms. The highest BCUT2D eigenvalue weighted by molar-refractivity contribution is 6.03. The van der Waals surface area contributed by atoms with Crippen molar-refractivity contribution in [2.24, 2.45) is 11.8 Å². The minimum atomic E-state index is -1.13. The topological polar surface area (TPSA) is 79.3 Å². The molecule has 1 fully saturated rings. The standard InChI is InChI=1S/C15H20N2O3/c1-10-4-6-11(7-5-10)9-17-14(18)13-12(15(19)20)3-2-8-16-13/h2-3,8,10-11H,4-7,9H2,1H3,(H,17,18)(H,19,20). The minimum Gasteiger partial charge on any atom is -0.478 e. The molecule has 1 aromatic heterocycles. The van der Waals surface area contributed by atoms with Crippen LogP contribution in [0.4, 0.5) is 0 Å². The van der Waals surface area contributed by atoms with Crippen LogP contribution in [0.5, 0.6) is 0 Å². The van der Waals surface area contributed by atoms with E-state index in [2.05, 4.69) is 17.2 Å². The Balaban J connectivity index is 1.94. The molecule has 0 radical (unpaired) electrons. The molecule has 108 valence electrons. The number of carbonyl (C=O) groups excluding carboxylic acids is 1. The summed E-state index contributed by atoms with van der Waals surface area (Å²) in [5.74, 6) is -0.264. The molecule has 1 aliphatic rings. The van der Waals surface area contributed by atoms with E-state index >= 15 is 0 Å². The Hall–Kier alpha value is -1.91. The first-order valence-corrected chi connectivity index (χ1v) is 7.04. The molecule has 0 aromatic carbocycles. The number of hydrogen-bond acceptors (Lipinski definition) is 3. The lowest BCUT2D eigenvalue weighted by Gasteiger charge is -2.26. The number of pyridine rings is 1. The Morgan fingerprint density at radius 3 is 2.70 bits per heavy atom. The molecule has 2 N–H and O–H groups in total. The summed E-state index contributed by atoms with van der Waals surface area (Å²) >= 11 is 0. The number of nitrogens with one attached hydrogen (secondary N) is 1. The Bertz CT molecular complexity index is 494. The van der Waals surface area contributed by atoms with Gasteiger partial charge in [-0.15, -0.1) is 0 Å². The van der Waals surface area contributed by atoms with Crippen LogP contribution >= 0.6 is 0 Å². The zero-order chi connectivity index (χ0) is 14.5. The fourth-order valence-electron chi connectivity index (χ4n) is 2.61.